The molecule has 0 nitrogen and oxygen atoms in total. The molecule has 0 spiro atoms. The summed E-state index contributed by atoms with van der Waals surface area (Å²) >= 11 is 0. The van der Waals surface area contributed by atoms with Crippen LogP contribution in [0.1, 0.15) is 29.2 Å². The molecule has 0 saturated heterocycles. The zero-order valence-electron chi connectivity index (χ0n) is 17.0. The van der Waals surface area contributed by atoms with Crippen LogP contribution in [0.4, 0.5) is 0 Å². The van der Waals surface area contributed by atoms with Gasteiger partial charge in [-0.25, -0.2) is 0 Å². The van der Waals surface area contributed by atoms with Crippen molar-refractivity contribution in [2.45, 2.75) is 34.6 Å². The second kappa shape index (κ2) is 9.55. The monoisotopic (exact) mass is 562 g/mol. The molecule has 0 aliphatic heterocycles. The Morgan fingerprint density at radius 2 is 1.04 bits per heavy atom. The van der Waals surface area contributed by atoms with Gasteiger partial charge in [0.05, 0.1) is 0 Å². The minimum atomic E-state index is -0.292. The summed E-state index contributed by atoms with van der Waals surface area (Å²) in [5, 5.41) is 8.77. The van der Waals surface area contributed by atoms with E-state index in [1.807, 2.05) is 0 Å². The number of rotatable bonds is 3. The Morgan fingerprint density at radius 1 is 0.679 bits per heavy atom. The quantitative estimate of drug-likeness (QED) is 0.190. The molecule has 4 aromatic carbocycles. The number of hydrogen-bond donors (Lipinski definition) is 0. The number of aryl methyl sites for hydroxylation is 4. The maximum Gasteiger partial charge on any atom is 4.00 e. The molecule has 0 unspecified atom stereocenters. The van der Waals surface area contributed by atoms with Crippen LogP contribution in [0.3, 0.4) is 0 Å². The van der Waals surface area contributed by atoms with Gasteiger partial charge >= 0.3 is 25.8 Å². The molecule has 0 aliphatic carbocycles. The third-order valence-electron chi connectivity index (χ3n) is 5.55. The maximum absolute atomic E-state index is 2.45. The van der Waals surface area contributed by atoms with Crippen LogP contribution in [-0.2, 0) is 25.8 Å². The summed E-state index contributed by atoms with van der Waals surface area (Å²) in [5.41, 5.74) is 5.55. The average molecular weight is 561 g/mol. The Hall–Kier alpha value is -1.18. The van der Waals surface area contributed by atoms with Crippen molar-refractivity contribution in [3.8, 4) is 0 Å². The molecule has 0 amide bonds. The Balaban J connectivity index is 0.00000131. The van der Waals surface area contributed by atoms with Crippen LogP contribution in [-0.4, -0.2) is 6.16 Å². The summed E-state index contributed by atoms with van der Waals surface area (Å²) in [4.78, 5) is 0. The van der Waals surface area contributed by atoms with Crippen molar-refractivity contribution in [1.82, 2.24) is 0 Å². The SMILES string of the molecule is CCP(c1cc2c(C)ccc(C)c2[cH-]1)c1cc2c(C)ccc(C)c2[cH-]1.[F-].[F-].[Hf+4]. The van der Waals surface area contributed by atoms with E-state index in [0.717, 1.165) is 0 Å². The van der Waals surface area contributed by atoms with E-state index in [1.165, 1.54) is 60.6 Å². The van der Waals surface area contributed by atoms with Crippen molar-refractivity contribution in [1.29, 1.82) is 0 Å². The molecule has 144 valence electrons. The smallest absolute Gasteiger partial charge is 1.00 e. The third-order valence-corrected chi connectivity index (χ3v) is 7.95. The van der Waals surface area contributed by atoms with E-state index in [9.17, 15) is 0 Å². The van der Waals surface area contributed by atoms with E-state index in [-0.39, 0.29) is 43.2 Å². The second-order valence-electron chi connectivity index (χ2n) is 7.22. The summed E-state index contributed by atoms with van der Waals surface area (Å²) in [7, 11) is -0.292. The molecule has 4 aromatic rings. The van der Waals surface area contributed by atoms with E-state index in [1.54, 1.807) is 0 Å². The molecule has 0 saturated carbocycles. The minimum absolute atomic E-state index is 0. The minimum Gasteiger partial charge on any atom is -1.00 e. The van der Waals surface area contributed by atoms with Gasteiger partial charge in [0.15, 0.2) is 0 Å². The van der Waals surface area contributed by atoms with E-state index in [2.05, 4.69) is 83.1 Å². The van der Waals surface area contributed by atoms with Gasteiger partial charge in [0.2, 0.25) is 0 Å². The predicted molar refractivity (Wildman–Crippen MR) is 115 cm³/mol. The first-order chi connectivity index (χ1) is 12.0. The van der Waals surface area contributed by atoms with Crippen LogP contribution in [0.5, 0.6) is 0 Å². The van der Waals surface area contributed by atoms with Crippen LogP contribution in [0.2, 0.25) is 0 Å². The Morgan fingerprint density at radius 3 is 1.36 bits per heavy atom. The summed E-state index contributed by atoms with van der Waals surface area (Å²) in [6.45, 7) is 11.2. The van der Waals surface area contributed by atoms with Gasteiger partial charge in [-0.3, -0.25) is 0 Å². The molecule has 0 fully saturated rings. The molecule has 0 aromatic heterocycles. The topological polar surface area (TPSA) is 0 Å². The van der Waals surface area contributed by atoms with Gasteiger partial charge in [0.25, 0.3) is 0 Å². The normalized spacial score (nSPS) is 10.6. The number of hydrogen-bond acceptors (Lipinski definition) is 0. The predicted octanol–water partition coefficient (Wildman–Crippen LogP) is 0.123. The Kier molecular flexibility index (Phi) is 8.47. The van der Waals surface area contributed by atoms with E-state index < -0.39 is 0 Å². The first-order valence-corrected chi connectivity index (χ1v) is 10.6. The van der Waals surface area contributed by atoms with E-state index >= 15 is 0 Å². The standard InChI is InChI=1S/C24H25P.2FH.Hf/c1-6-25(19-11-21-15(2)7-8-16(3)22(21)12-19)20-13-23-17(4)9-10-18(5)24(23)14-20;;;/h7-14H,6H2,1-5H3;2*1H;/q-2;;;+4/p-2. The van der Waals surface area contributed by atoms with Crippen molar-refractivity contribution < 1.29 is 35.3 Å². The molecule has 0 heterocycles. The zero-order valence-corrected chi connectivity index (χ0v) is 21.5. The fraction of sp³-hybridized carbons (Fsp3) is 0.250. The molecule has 0 bridgehead atoms. The molecule has 0 aliphatic rings. The van der Waals surface area contributed by atoms with Crippen LogP contribution < -0.4 is 20.0 Å². The maximum atomic E-state index is 2.45. The van der Waals surface area contributed by atoms with Gasteiger partial charge in [-0.05, 0) is 20.0 Å². The second-order valence-corrected chi connectivity index (χ2v) is 9.75. The molecule has 0 radical (unpaired) electrons. The summed E-state index contributed by atoms with van der Waals surface area (Å²) < 4.78 is 0. The van der Waals surface area contributed by atoms with Crippen molar-refractivity contribution >= 4 is 40.1 Å². The van der Waals surface area contributed by atoms with Crippen molar-refractivity contribution in [2.24, 2.45) is 0 Å². The fourth-order valence-corrected chi connectivity index (χ4v) is 6.14. The van der Waals surface area contributed by atoms with Gasteiger partial charge in [0.1, 0.15) is 0 Å². The van der Waals surface area contributed by atoms with E-state index in [0.29, 0.717) is 0 Å². The third kappa shape index (κ3) is 4.07. The van der Waals surface area contributed by atoms with Gasteiger partial charge in [0, 0.05) is 0 Å². The van der Waals surface area contributed by atoms with Crippen molar-refractivity contribution in [3.63, 3.8) is 0 Å². The Bertz CT molecular complexity index is 927. The van der Waals surface area contributed by atoms with Gasteiger partial charge < -0.3 is 9.41 Å². The van der Waals surface area contributed by atoms with Crippen LogP contribution in [0.25, 0.3) is 21.5 Å². The number of fused-ring (bicyclic) bond motifs is 2. The van der Waals surface area contributed by atoms with E-state index in [4.69, 9.17) is 0 Å². The fourth-order valence-electron chi connectivity index (χ4n) is 3.98. The molecular formula is C24H25F2HfP. The zero-order chi connectivity index (χ0) is 17.7. The molecular weight excluding hydrogens is 536 g/mol. The van der Waals surface area contributed by atoms with Crippen LogP contribution in [0.15, 0.2) is 48.5 Å². The largest absolute Gasteiger partial charge is 4.00 e. The molecule has 0 atom stereocenters. The van der Waals surface area contributed by atoms with Crippen molar-refractivity contribution in [3.05, 3.63) is 70.8 Å². The summed E-state index contributed by atoms with van der Waals surface area (Å²) in [6.07, 6.45) is 1.19. The molecule has 0 N–H and O–H groups in total. The molecule has 28 heavy (non-hydrogen) atoms. The van der Waals surface area contributed by atoms with Crippen molar-refractivity contribution in [2.75, 3.05) is 6.16 Å². The Labute approximate surface area is 186 Å². The summed E-state index contributed by atoms with van der Waals surface area (Å²) in [5.74, 6) is 0. The van der Waals surface area contributed by atoms with Gasteiger partial charge in [-0.2, -0.15) is 12.1 Å². The first kappa shape index (κ1) is 24.9. The average Bonchev–Trinajstić information content (AvgIpc) is 3.22. The number of benzene rings is 2. The molecule has 4 rings (SSSR count). The summed E-state index contributed by atoms with van der Waals surface area (Å²) in [6, 6.07) is 18.8. The molecule has 4 heteroatoms. The number of halogens is 2. The van der Waals surface area contributed by atoms with Crippen LogP contribution >= 0.6 is 7.92 Å². The van der Waals surface area contributed by atoms with Gasteiger partial charge in [-0.15, -0.1) is 67.5 Å². The van der Waals surface area contributed by atoms with Gasteiger partial charge in [-0.1, -0.05) is 52.0 Å². The first-order valence-electron chi connectivity index (χ1n) is 9.10. The van der Waals surface area contributed by atoms with Crippen LogP contribution in [0, 0.1) is 27.7 Å².